The summed E-state index contributed by atoms with van der Waals surface area (Å²) >= 11 is 0. The lowest BCUT2D eigenvalue weighted by Crippen LogP contribution is -2.36. The van der Waals surface area contributed by atoms with E-state index in [1.807, 2.05) is 63.4 Å². The molecule has 5 atom stereocenters. The predicted octanol–water partition coefficient (Wildman–Crippen LogP) is 4.87. The van der Waals surface area contributed by atoms with E-state index in [4.69, 9.17) is 15.2 Å². The summed E-state index contributed by atoms with van der Waals surface area (Å²) in [7, 11) is 0. The second-order valence-corrected chi connectivity index (χ2v) is 11.5. The number of nitrogen functional groups attached to an aromatic ring is 1. The van der Waals surface area contributed by atoms with E-state index in [2.05, 4.69) is 5.10 Å². The SMILES string of the molecule is C/C(=C\c1ccn(-c2ccc(N)cc2)n1)C1CC2OC2CCCCC(O)[C@@H](C)C(=O)C(C)(C)CCC(=O)O1. The molecule has 0 bridgehead atoms. The van der Waals surface area contributed by atoms with E-state index in [1.165, 1.54) is 0 Å². The zero-order chi connectivity index (χ0) is 27.4. The average molecular weight is 524 g/mol. The van der Waals surface area contributed by atoms with Gasteiger partial charge < -0.3 is 20.3 Å². The van der Waals surface area contributed by atoms with Crippen molar-refractivity contribution in [3.05, 3.63) is 47.8 Å². The standard InChI is InChI=1S/C30H41N3O5/c1-19(17-22-14-16-33(32-22)23-11-9-21(31)10-12-23)26-18-27-25(37-27)8-6-5-7-24(34)20(2)29(36)30(3,4)15-13-28(35)38-26/h9-12,14,16-17,20,24-27,34H,5-8,13,15,18,31H2,1-4H3/b19-17+/t20-,24?,25?,26?,27?/m1/s1. The number of ketones is 1. The summed E-state index contributed by atoms with van der Waals surface area (Å²) < 4.78 is 13.7. The van der Waals surface area contributed by atoms with Crippen molar-refractivity contribution in [3.8, 4) is 5.69 Å². The van der Waals surface area contributed by atoms with Crippen molar-refractivity contribution >= 4 is 23.5 Å². The molecule has 2 aliphatic heterocycles. The van der Waals surface area contributed by atoms with Crippen LogP contribution in [-0.2, 0) is 19.1 Å². The molecule has 206 valence electrons. The summed E-state index contributed by atoms with van der Waals surface area (Å²) in [5.74, 6) is -0.821. The fraction of sp³-hybridized carbons (Fsp3) is 0.567. The predicted molar refractivity (Wildman–Crippen MR) is 146 cm³/mol. The van der Waals surface area contributed by atoms with Gasteiger partial charge in [-0.15, -0.1) is 0 Å². The summed E-state index contributed by atoms with van der Waals surface area (Å²) in [5, 5.41) is 15.2. The molecule has 4 rings (SSSR count). The van der Waals surface area contributed by atoms with Gasteiger partial charge >= 0.3 is 5.97 Å². The zero-order valence-electron chi connectivity index (χ0n) is 22.9. The Bertz CT molecular complexity index is 1150. The molecule has 4 unspecified atom stereocenters. The summed E-state index contributed by atoms with van der Waals surface area (Å²) in [6.07, 6.45) is 7.22. The third-order valence-electron chi connectivity index (χ3n) is 7.91. The molecule has 1 aromatic heterocycles. The Kier molecular flexibility index (Phi) is 8.73. The number of hydrogen-bond donors (Lipinski definition) is 2. The van der Waals surface area contributed by atoms with Crippen molar-refractivity contribution in [3.63, 3.8) is 0 Å². The second-order valence-electron chi connectivity index (χ2n) is 11.5. The number of aliphatic hydroxyl groups excluding tert-OH is 1. The molecule has 3 N–H and O–H groups in total. The number of fused-ring (bicyclic) bond motifs is 1. The molecule has 2 aliphatic rings. The van der Waals surface area contributed by atoms with Crippen molar-refractivity contribution in [2.45, 2.75) is 97.1 Å². The van der Waals surface area contributed by atoms with E-state index >= 15 is 0 Å². The van der Waals surface area contributed by atoms with Gasteiger partial charge in [0.15, 0.2) is 0 Å². The molecule has 0 amide bonds. The van der Waals surface area contributed by atoms with E-state index in [1.54, 1.807) is 11.6 Å². The number of Topliss-reactive ketones (excluding diaryl/α,β-unsaturated/α-hetero) is 1. The van der Waals surface area contributed by atoms with E-state index in [9.17, 15) is 14.7 Å². The number of carbonyl (C=O) groups excluding carboxylic acids is 2. The Morgan fingerprint density at radius 3 is 2.58 bits per heavy atom. The minimum atomic E-state index is -0.726. The van der Waals surface area contributed by atoms with Crippen LogP contribution in [0.15, 0.2) is 42.1 Å². The molecule has 0 saturated carbocycles. The van der Waals surface area contributed by atoms with E-state index in [0.717, 1.165) is 36.2 Å². The largest absolute Gasteiger partial charge is 0.458 e. The summed E-state index contributed by atoms with van der Waals surface area (Å²) in [6, 6.07) is 9.39. The fourth-order valence-corrected chi connectivity index (χ4v) is 5.19. The number of ether oxygens (including phenoxy) is 2. The van der Waals surface area contributed by atoms with Crippen LogP contribution in [0.1, 0.15) is 78.3 Å². The molecule has 2 aromatic rings. The highest BCUT2D eigenvalue weighted by Gasteiger charge is 2.41. The Hall–Kier alpha value is -2.97. The molecule has 0 spiro atoms. The van der Waals surface area contributed by atoms with Gasteiger partial charge in [0.25, 0.3) is 0 Å². The highest BCUT2D eigenvalue weighted by Crippen LogP contribution is 2.35. The van der Waals surface area contributed by atoms with Crippen LogP contribution in [0.25, 0.3) is 11.8 Å². The lowest BCUT2D eigenvalue weighted by molar-refractivity contribution is -0.148. The Balaban J connectivity index is 1.49. The summed E-state index contributed by atoms with van der Waals surface area (Å²) in [6.45, 7) is 7.43. The highest BCUT2D eigenvalue weighted by molar-refractivity contribution is 5.87. The van der Waals surface area contributed by atoms with Crippen LogP contribution < -0.4 is 5.73 Å². The van der Waals surface area contributed by atoms with Gasteiger partial charge in [-0.25, -0.2) is 4.68 Å². The zero-order valence-corrected chi connectivity index (χ0v) is 22.9. The van der Waals surface area contributed by atoms with Gasteiger partial charge in [-0.3, -0.25) is 9.59 Å². The monoisotopic (exact) mass is 523 g/mol. The van der Waals surface area contributed by atoms with Crippen LogP contribution in [0.3, 0.4) is 0 Å². The maximum absolute atomic E-state index is 13.1. The topological polar surface area (TPSA) is 120 Å². The quantitative estimate of drug-likeness (QED) is 0.334. The number of esters is 1. The van der Waals surface area contributed by atoms with Crippen LogP contribution in [0.5, 0.6) is 0 Å². The smallest absolute Gasteiger partial charge is 0.306 e. The van der Waals surface area contributed by atoms with Crippen LogP contribution >= 0.6 is 0 Å². The van der Waals surface area contributed by atoms with Gasteiger partial charge in [-0.2, -0.15) is 5.10 Å². The van der Waals surface area contributed by atoms with E-state index in [-0.39, 0.29) is 30.4 Å². The molecule has 2 fully saturated rings. The van der Waals surface area contributed by atoms with Gasteiger partial charge in [-0.05, 0) is 68.2 Å². The third-order valence-corrected chi connectivity index (χ3v) is 7.91. The number of carbonyl (C=O) groups is 2. The number of nitrogens with two attached hydrogens (primary N) is 1. The van der Waals surface area contributed by atoms with Gasteiger partial charge in [-0.1, -0.05) is 33.6 Å². The van der Waals surface area contributed by atoms with Crippen LogP contribution in [-0.4, -0.2) is 51.1 Å². The van der Waals surface area contributed by atoms with Crippen molar-refractivity contribution < 1.29 is 24.2 Å². The molecular formula is C30H41N3O5. The number of aromatic nitrogens is 2. The van der Waals surface area contributed by atoms with Crippen LogP contribution in [0.4, 0.5) is 5.69 Å². The van der Waals surface area contributed by atoms with Crippen molar-refractivity contribution in [1.29, 1.82) is 0 Å². The average Bonchev–Trinajstić information content (AvgIpc) is 3.46. The van der Waals surface area contributed by atoms with E-state index < -0.39 is 23.5 Å². The minimum Gasteiger partial charge on any atom is -0.458 e. The Labute approximate surface area is 225 Å². The van der Waals surface area contributed by atoms with Gasteiger partial charge in [0.05, 0.1) is 29.7 Å². The van der Waals surface area contributed by atoms with Crippen LogP contribution in [0, 0.1) is 11.3 Å². The third kappa shape index (κ3) is 7.11. The first-order valence-electron chi connectivity index (χ1n) is 13.7. The maximum atomic E-state index is 13.1. The molecule has 3 heterocycles. The molecule has 38 heavy (non-hydrogen) atoms. The van der Waals surface area contributed by atoms with Gasteiger partial charge in [0, 0.05) is 36.1 Å². The molecule has 0 aliphatic carbocycles. The summed E-state index contributed by atoms with van der Waals surface area (Å²) in [4.78, 5) is 26.0. The number of rotatable bonds is 3. The molecule has 8 nitrogen and oxygen atoms in total. The lowest BCUT2D eigenvalue weighted by atomic mass is 9.76. The first-order valence-corrected chi connectivity index (χ1v) is 13.7. The number of cyclic esters (lactones) is 1. The maximum Gasteiger partial charge on any atom is 0.306 e. The molecular weight excluding hydrogens is 482 g/mol. The van der Waals surface area contributed by atoms with Gasteiger partial charge in [0.2, 0.25) is 0 Å². The highest BCUT2D eigenvalue weighted by atomic mass is 16.6. The number of anilines is 1. The first kappa shape index (κ1) is 28.0. The second kappa shape index (κ2) is 11.8. The molecule has 2 saturated heterocycles. The van der Waals surface area contributed by atoms with E-state index in [0.29, 0.717) is 24.9 Å². The number of aliphatic hydroxyl groups is 1. The van der Waals surface area contributed by atoms with Crippen LogP contribution in [0.2, 0.25) is 0 Å². The number of nitrogens with zero attached hydrogens (tertiary/aromatic N) is 2. The minimum absolute atomic E-state index is 0.0141. The fourth-order valence-electron chi connectivity index (χ4n) is 5.19. The van der Waals surface area contributed by atoms with Gasteiger partial charge in [0.1, 0.15) is 11.9 Å². The van der Waals surface area contributed by atoms with Crippen molar-refractivity contribution in [2.24, 2.45) is 11.3 Å². The lowest BCUT2D eigenvalue weighted by Gasteiger charge is -2.29. The van der Waals surface area contributed by atoms with Crippen molar-refractivity contribution in [1.82, 2.24) is 9.78 Å². The number of benzene rings is 1. The number of epoxide rings is 1. The Morgan fingerprint density at radius 1 is 1.13 bits per heavy atom. The molecule has 0 radical (unpaired) electrons. The summed E-state index contributed by atoms with van der Waals surface area (Å²) in [5.41, 5.74) is 8.32. The number of hydrogen-bond acceptors (Lipinski definition) is 7. The molecule has 1 aromatic carbocycles. The van der Waals surface area contributed by atoms with Crippen molar-refractivity contribution in [2.75, 3.05) is 5.73 Å². The Morgan fingerprint density at radius 2 is 1.84 bits per heavy atom. The first-order chi connectivity index (χ1) is 18.0. The molecule has 8 heteroatoms. The normalized spacial score (nSPS) is 29.4.